The second-order valence-corrected chi connectivity index (χ2v) is 4.04. The molecular formula is C6H10BO3P. The van der Waals surface area contributed by atoms with Gasteiger partial charge in [-0.15, -0.1) is 0 Å². The Balaban J connectivity index is 4.13. The molecule has 1 unspecified atom stereocenters. The number of rotatable bonds is 3. The summed E-state index contributed by atoms with van der Waals surface area (Å²) in [6, 6.07) is 0. The molecule has 0 fully saturated rings. The van der Waals surface area contributed by atoms with Gasteiger partial charge in [0.25, 0.3) is 0 Å². The van der Waals surface area contributed by atoms with E-state index in [0.717, 1.165) is 0 Å². The molecule has 3 nitrogen and oxygen atoms in total. The molecule has 0 heterocycles. The first kappa shape index (κ1) is 10.6. The third-order valence-corrected chi connectivity index (χ3v) is 1.50. The molecule has 0 aliphatic carbocycles. The number of hydrogen-bond acceptors (Lipinski definition) is 3. The van der Waals surface area contributed by atoms with E-state index in [1.165, 1.54) is 13.8 Å². The molecule has 0 aliphatic heterocycles. The van der Waals surface area contributed by atoms with Gasteiger partial charge in [0.2, 0.25) is 0 Å². The fraction of sp³-hybridized carbons (Fsp3) is 0.667. The normalized spacial score (nSPS) is 13.7. The molecule has 0 saturated carbocycles. The lowest BCUT2D eigenvalue weighted by atomic mass is 9.97. The van der Waals surface area contributed by atoms with Crippen molar-refractivity contribution in [3.63, 3.8) is 0 Å². The first-order chi connectivity index (χ1) is 4.90. The van der Waals surface area contributed by atoms with Crippen LogP contribution in [0, 0.1) is 5.41 Å². The smallest absolute Gasteiger partial charge is 0.320 e. The van der Waals surface area contributed by atoms with Gasteiger partial charge in [-0.05, 0) is 20.5 Å². The van der Waals surface area contributed by atoms with Gasteiger partial charge in [-0.25, -0.2) is 0 Å². The highest BCUT2D eigenvalue weighted by Gasteiger charge is 2.29. The van der Waals surface area contributed by atoms with Crippen molar-refractivity contribution in [2.24, 2.45) is 5.41 Å². The Morgan fingerprint density at radius 3 is 2.36 bits per heavy atom. The molecular weight excluding hydrogens is 162 g/mol. The molecule has 1 atom stereocenters. The van der Waals surface area contributed by atoms with Gasteiger partial charge in [-0.1, -0.05) is 0 Å². The van der Waals surface area contributed by atoms with E-state index in [2.05, 4.69) is 4.52 Å². The minimum atomic E-state index is -1.22. The first-order valence-corrected chi connectivity index (χ1v) is 4.85. The Kier molecular flexibility index (Phi) is 3.74. The summed E-state index contributed by atoms with van der Waals surface area (Å²) < 4.78 is 4.68. The lowest BCUT2D eigenvalue weighted by Crippen LogP contribution is -2.26. The van der Waals surface area contributed by atoms with Crippen LogP contribution in [0.1, 0.15) is 13.8 Å². The van der Waals surface area contributed by atoms with Crippen LogP contribution in [0.2, 0.25) is 0 Å². The van der Waals surface area contributed by atoms with Crippen LogP contribution in [0.15, 0.2) is 0 Å². The topological polar surface area (TPSA) is 43.4 Å². The molecule has 0 spiro atoms. The number of aldehydes is 1. The van der Waals surface area contributed by atoms with Crippen molar-refractivity contribution in [3.8, 4) is 0 Å². The van der Waals surface area contributed by atoms with Gasteiger partial charge in [0.15, 0.2) is 7.57 Å². The highest BCUT2D eigenvalue weighted by Crippen LogP contribution is 2.29. The number of carbonyl (C=O) groups is 2. The summed E-state index contributed by atoms with van der Waals surface area (Å²) in [4.78, 5) is 21.3. The Morgan fingerprint density at radius 1 is 1.64 bits per heavy atom. The first-order valence-electron chi connectivity index (χ1n) is 3.07. The van der Waals surface area contributed by atoms with E-state index in [0.29, 0.717) is 6.29 Å². The predicted octanol–water partition coefficient (Wildman–Crippen LogP) is 0.865. The molecule has 0 amide bonds. The van der Waals surface area contributed by atoms with Crippen LogP contribution in [0.5, 0.6) is 0 Å². The lowest BCUT2D eigenvalue weighted by Gasteiger charge is -2.17. The second kappa shape index (κ2) is 3.86. The van der Waals surface area contributed by atoms with E-state index in [1.54, 1.807) is 6.66 Å². The molecule has 0 aliphatic rings. The van der Waals surface area contributed by atoms with Crippen molar-refractivity contribution in [2.75, 3.05) is 6.66 Å². The fourth-order valence-corrected chi connectivity index (χ4v) is 0.793. The van der Waals surface area contributed by atoms with E-state index >= 15 is 0 Å². The molecule has 5 heteroatoms. The molecule has 0 N–H and O–H groups in total. The average Bonchev–Trinajstić information content (AvgIpc) is 1.86. The van der Waals surface area contributed by atoms with E-state index in [-0.39, 0.29) is 0 Å². The molecule has 2 radical (unpaired) electrons. The van der Waals surface area contributed by atoms with Crippen LogP contribution in [0.4, 0.5) is 0 Å². The highest BCUT2D eigenvalue weighted by molar-refractivity contribution is 7.77. The standard InChI is InChI=1S/C6H10BO3P/c1-6(2,4-8)5(9)10-11(3)7/h4H,1-3H3. The van der Waals surface area contributed by atoms with Crippen molar-refractivity contribution < 1.29 is 14.1 Å². The SMILES string of the molecule is [B]P(C)OC(=O)C(C)(C)C=O. The molecule has 11 heavy (non-hydrogen) atoms. The molecule has 0 aromatic carbocycles. The zero-order chi connectivity index (χ0) is 9.07. The van der Waals surface area contributed by atoms with Crippen LogP contribution in [-0.2, 0) is 14.1 Å². The van der Waals surface area contributed by atoms with Crippen molar-refractivity contribution in [2.45, 2.75) is 13.8 Å². The third-order valence-electron chi connectivity index (χ3n) is 1.05. The van der Waals surface area contributed by atoms with E-state index in [4.69, 9.17) is 7.57 Å². The van der Waals surface area contributed by atoms with Gasteiger partial charge in [0.1, 0.15) is 11.7 Å². The van der Waals surface area contributed by atoms with Crippen LogP contribution >= 0.6 is 8.03 Å². The van der Waals surface area contributed by atoms with E-state index in [9.17, 15) is 9.59 Å². The highest BCUT2D eigenvalue weighted by atomic mass is 31.1. The maximum Gasteiger partial charge on any atom is 0.320 e. The Hall–Kier alpha value is -0.365. The number of carbonyl (C=O) groups excluding carboxylic acids is 2. The zero-order valence-electron chi connectivity index (χ0n) is 6.83. The van der Waals surface area contributed by atoms with Crippen molar-refractivity contribution in [3.05, 3.63) is 0 Å². The number of hydrogen-bond donors (Lipinski definition) is 0. The Labute approximate surface area is 68.7 Å². The van der Waals surface area contributed by atoms with Gasteiger partial charge in [0, 0.05) is 8.03 Å². The minimum absolute atomic E-state index is 0.550. The Bertz CT molecular complexity index is 167. The lowest BCUT2D eigenvalue weighted by molar-refractivity contribution is -0.145. The molecule has 0 aromatic heterocycles. The van der Waals surface area contributed by atoms with Crippen LogP contribution < -0.4 is 0 Å². The van der Waals surface area contributed by atoms with Crippen molar-refractivity contribution in [1.82, 2.24) is 0 Å². The molecule has 60 valence electrons. The third kappa shape index (κ3) is 3.52. The maximum atomic E-state index is 11.0. The largest absolute Gasteiger partial charge is 0.456 e. The summed E-state index contributed by atoms with van der Waals surface area (Å²) >= 11 is 0. The summed E-state index contributed by atoms with van der Waals surface area (Å²) in [6.45, 7) is 4.57. The molecule has 0 aromatic rings. The summed E-state index contributed by atoms with van der Waals surface area (Å²) in [7, 11) is 4.03. The Morgan fingerprint density at radius 2 is 2.09 bits per heavy atom. The molecule has 0 rings (SSSR count). The quantitative estimate of drug-likeness (QED) is 0.274. The maximum absolute atomic E-state index is 11.0. The summed E-state index contributed by atoms with van der Waals surface area (Å²) in [5.41, 5.74) is -1.07. The van der Waals surface area contributed by atoms with Crippen LogP contribution in [0.25, 0.3) is 0 Å². The summed E-state index contributed by atoms with van der Waals surface area (Å²) in [6.07, 6.45) is 0.550. The minimum Gasteiger partial charge on any atom is -0.456 e. The fourth-order valence-electron chi connectivity index (χ4n) is 0.297. The van der Waals surface area contributed by atoms with Crippen molar-refractivity contribution >= 4 is 27.8 Å². The monoisotopic (exact) mass is 172 g/mol. The van der Waals surface area contributed by atoms with E-state index in [1.807, 2.05) is 0 Å². The van der Waals surface area contributed by atoms with Crippen LogP contribution in [-0.4, -0.2) is 26.5 Å². The zero-order valence-corrected chi connectivity index (χ0v) is 7.72. The van der Waals surface area contributed by atoms with Crippen molar-refractivity contribution in [1.29, 1.82) is 0 Å². The van der Waals surface area contributed by atoms with Gasteiger partial charge in [-0.2, -0.15) is 0 Å². The van der Waals surface area contributed by atoms with Gasteiger partial charge in [-0.3, -0.25) is 4.79 Å². The van der Waals surface area contributed by atoms with Gasteiger partial charge < -0.3 is 9.32 Å². The van der Waals surface area contributed by atoms with E-state index < -0.39 is 19.4 Å². The van der Waals surface area contributed by atoms with Gasteiger partial charge >= 0.3 is 5.97 Å². The second-order valence-electron chi connectivity index (χ2n) is 2.76. The molecule has 0 bridgehead atoms. The molecule has 0 saturated heterocycles. The summed E-state index contributed by atoms with van der Waals surface area (Å²) in [5, 5.41) is 0. The van der Waals surface area contributed by atoms with Gasteiger partial charge in [0.05, 0.1) is 0 Å². The van der Waals surface area contributed by atoms with Crippen LogP contribution in [0.3, 0.4) is 0 Å². The average molecular weight is 172 g/mol. The predicted molar refractivity (Wildman–Crippen MR) is 44.5 cm³/mol. The summed E-state index contributed by atoms with van der Waals surface area (Å²) in [5.74, 6) is -0.566.